The predicted molar refractivity (Wildman–Crippen MR) is 88.5 cm³/mol. The van der Waals surface area contributed by atoms with E-state index in [0.717, 1.165) is 24.3 Å². The summed E-state index contributed by atoms with van der Waals surface area (Å²) in [6.07, 6.45) is -5.74. The SMILES string of the molecule is O=S(=O)(Cc1cccc(Cl)c1)NCC(O)c1ccc(C(F)(F)F)cc1. The zero-order valence-electron chi connectivity index (χ0n) is 12.8. The Morgan fingerprint density at radius 2 is 1.76 bits per heavy atom. The molecule has 0 aliphatic carbocycles. The minimum absolute atomic E-state index is 0.179. The van der Waals surface area contributed by atoms with Gasteiger partial charge in [-0.2, -0.15) is 13.2 Å². The molecule has 0 saturated heterocycles. The summed E-state index contributed by atoms with van der Waals surface area (Å²) in [7, 11) is -3.73. The number of rotatable bonds is 6. The van der Waals surface area contributed by atoms with Gasteiger partial charge < -0.3 is 5.11 Å². The Balaban J connectivity index is 1.97. The van der Waals surface area contributed by atoms with Gasteiger partial charge in [-0.1, -0.05) is 35.9 Å². The summed E-state index contributed by atoms with van der Waals surface area (Å²) in [6.45, 7) is -0.353. The van der Waals surface area contributed by atoms with Crippen LogP contribution in [0.3, 0.4) is 0 Å². The lowest BCUT2D eigenvalue weighted by atomic mass is 10.1. The number of hydrogen-bond acceptors (Lipinski definition) is 3. The van der Waals surface area contributed by atoms with Crippen molar-refractivity contribution in [3.8, 4) is 0 Å². The molecule has 2 rings (SSSR count). The molecule has 0 heterocycles. The van der Waals surface area contributed by atoms with Crippen LogP contribution in [0.2, 0.25) is 5.02 Å². The number of hydrogen-bond donors (Lipinski definition) is 2. The van der Waals surface area contributed by atoms with Crippen LogP contribution in [0, 0.1) is 0 Å². The lowest BCUT2D eigenvalue weighted by molar-refractivity contribution is -0.137. The van der Waals surface area contributed by atoms with Crippen molar-refractivity contribution in [3.05, 3.63) is 70.2 Å². The standard InChI is InChI=1S/C16H15ClF3NO3S/c17-14-3-1-2-11(8-14)10-25(23,24)21-9-15(22)12-4-6-13(7-5-12)16(18,19)20/h1-8,15,21-22H,9-10H2. The van der Waals surface area contributed by atoms with E-state index in [1.54, 1.807) is 18.2 Å². The maximum absolute atomic E-state index is 12.5. The van der Waals surface area contributed by atoms with Gasteiger partial charge in [-0.25, -0.2) is 13.1 Å². The number of benzene rings is 2. The normalized spacial score (nSPS) is 13.6. The van der Waals surface area contributed by atoms with Crippen molar-refractivity contribution in [2.24, 2.45) is 0 Å². The third-order valence-corrected chi connectivity index (χ3v) is 4.92. The second kappa shape index (κ2) is 7.74. The van der Waals surface area contributed by atoms with Gasteiger partial charge in [0.15, 0.2) is 0 Å². The highest BCUT2D eigenvalue weighted by molar-refractivity contribution is 7.88. The van der Waals surface area contributed by atoms with E-state index in [0.29, 0.717) is 10.6 Å². The summed E-state index contributed by atoms with van der Waals surface area (Å²) in [5.74, 6) is -0.326. The maximum atomic E-state index is 12.5. The Kier molecular flexibility index (Phi) is 6.10. The van der Waals surface area contributed by atoms with Gasteiger partial charge in [-0.3, -0.25) is 0 Å². The molecule has 136 valence electrons. The third kappa shape index (κ3) is 6.00. The smallest absolute Gasteiger partial charge is 0.387 e. The molecule has 0 aliphatic heterocycles. The van der Waals surface area contributed by atoms with Crippen LogP contribution < -0.4 is 4.72 Å². The van der Waals surface area contributed by atoms with Crippen molar-refractivity contribution in [3.63, 3.8) is 0 Å². The monoisotopic (exact) mass is 393 g/mol. The van der Waals surface area contributed by atoms with Crippen LogP contribution in [-0.4, -0.2) is 20.1 Å². The minimum atomic E-state index is -4.47. The van der Waals surface area contributed by atoms with E-state index in [4.69, 9.17) is 11.6 Å². The number of alkyl halides is 3. The van der Waals surface area contributed by atoms with E-state index in [1.807, 2.05) is 0 Å². The van der Waals surface area contributed by atoms with Crippen LogP contribution in [0.25, 0.3) is 0 Å². The molecule has 1 unspecified atom stereocenters. The molecule has 0 aliphatic rings. The van der Waals surface area contributed by atoms with Crippen molar-refractivity contribution in [2.45, 2.75) is 18.0 Å². The fraction of sp³-hybridized carbons (Fsp3) is 0.250. The summed E-state index contributed by atoms with van der Waals surface area (Å²) in [5.41, 5.74) is -0.188. The first-order chi connectivity index (χ1) is 11.6. The van der Waals surface area contributed by atoms with Gasteiger partial charge in [0.05, 0.1) is 17.4 Å². The highest BCUT2D eigenvalue weighted by atomic mass is 35.5. The van der Waals surface area contributed by atoms with Gasteiger partial charge in [0.25, 0.3) is 0 Å². The van der Waals surface area contributed by atoms with Gasteiger partial charge >= 0.3 is 6.18 Å². The van der Waals surface area contributed by atoms with E-state index in [2.05, 4.69) is 4.72 Å². The van der Waals surface area contributed by atoms with Crippen LogP contribution in [0.15, 0.2) is 48.5 Å². The number of halogens is 4. The number of aliphatic hydroxyl groups is 1. The van der Waals surface area contributed by atoms with Crippen LogP contribution in [0.5, 0.6) is 0 Å². The molecule has 0 aromatic heterocycles. The summed E-state index contributed by atoms with van der Waals surface area (Å²) in [4.78, 5) is 0. The zero-order valence-corrected chi connectivity index (χ0v) is 14.4. The molecule has 9 heteroatoms. The average molecular weight is 394 g/mol. The zero-order chi connectivity index (χ0) is 18.7. The van der Waals surface area contributed by atoms with E-state index in [1.165, 1.54) is 6.07 Å². The fourth-order valence-electron chi connectivity index (χ4n) is 2.12. The number of sulfonamides is 1. The van der Waals surface area contributed by atoms with Crippen molar-refractivity contribution in [1.29, 1.82) is 0 Å². The van der Waals surface area contributed by atoms with Gasteiger partial charge in [-0.05, 0) is 35.4 Å². The highest BCUT2D eigenvalue weighted by Gasteiger charge is 2.30. The predicted octanol–water partition coefficient (Wildman–Crippen LogP) is 3.51. The van der Waals surface area contributed by atoms with Crippen LogP contribution in [0.1, 0.15) is 22.8 Å². The number of aliphatic hydroxyl groups excluding tert-OH is 1. The summed E-state index contributed by atoms with van der Waals surface area (Å²) >= 11 is 5.79. The van der Waals surface area contributed by atoms with Crippen molar-refractivity contribution in [2.75, 3.05) is 6.54 Å². The lowest BCUT2D eigenvalue weighted by Gasteiger charge is -2.14. The Bertz CT molecular complexity index is 823. The summed E-state index contributed by atoms with van der Waals surface area (Å²) in [6, 6.07) is 10.2. The molecule has 0 saturated carbocycles. The van der Waals surface area contributed by atoms with E-state index in [-0.39, 0.29) is 17.9 Å². The summed E-state index contributed by atoms with van der Waals surface area (Å²) < 4.78 is 63.8. The van der Waals surface area contributed by atoms with Crippen LogP contribution in [-0.2, 0) is 22.0 Å². The molecule has 2 N–H and O–H groups in total. The molecule has 0 radical (unpaired) electrons. The Labute approximate surface area is 148 Å². The van der Waals surface area contributed by atoms with Crippen LogP contribution in [0.4, 0.5) is 13.2 Å². The van der Waals surface area contributed by atoms with E-state index < -0.39 is 27.9 Å². The van der Waals surface area contributed by atoms with Crippen molar-refractivity contribution >= 4 is 21.6 Å². The minimum Gasteiger partial charge on any atom is -0.387 e. The molecule has 2 aromatic rings. The lowest BCUT2D eigenvalue weighted by Crippen LogP contribution is -2.29. The first-order valence-corrected chi connectivity index (χ1v) is 9.17. The van der Waals surface area contributed by atoms with Gasteiger partial charge in [0.1, 0.15) is 0 Å². The molecule has 0 amide bonds. The van der Waals surface area contributed by atoms with Crippen LogP contribution >= 0.6 is 11.6 Å². The second-order valence-corrected chi connectivity index (χ2v) is 7.62. The van der Waals surface area contributed by atoms with E-state index >= 15 is 0 Å². The number of nitrogens with one attached hydrogen (secondary N) is 1. The highest BCUT2D eigenvalue weighted by Crippen LogP contribution is 2.29. The first kappa shape index (κ1) is 19.7. The topological polar surface area (TPSA) is 66.4 Å². The molecule has 0 fully saturated rings. The Morgan fingerprint density at radius 1 is 1.12 bits per heavy atom. The van der Waals surface area contributed by atoms with Gasteiger partial charge in [0, 0.05) is 11.6 Å². The largest absolute Gasteiger partial charge is 0.416 e. The fourth-order valence-corrected chi connectivity index (χ4v) is 3.46. The molecular weight excluding hydrogens is 379 g/mol. The molecule has 2 aromatic carbocycles. The quantitative estimate of drug-likeness (QED) is 0.789. The maximum Gasteiger partial charge on any atom is 0.416 e. The molecule has 4 nitrogen and oxygen atoms in total. The van der Waals surface area contributed by atoms with Crippen molar-refractivity contribution < 1.29 is 26.7 Å². The Hall–Kier alpha value is -1.61. The summed E-state index contributed by atoms with van der Waals surface area (Å²) in [5, 5.41) is 10.4. The molecular formula is C16H15ClF3NO3S. The Morgan fingerprint density at radius 3 is 2.32 bits per heavy atom. The molecule has 0 bridgehead atoms. The molecule has 1 atom stereocenters. The van der Waals surface area contributed by atoms with Gasteiger partial charge in [-0.15, -0.1) is 0 Å². The van der Waals surface area contributed by atoms with Crippen molar-refractivity contribution in [1.82, 2.24) is 4.72 Å². The second-order valence-electron chi connectivity index (χ2n) is 5.37. The van der Waals surface area contributed by atoms with E-state index in [9.17, 15) is 26.7 Å². The first-order valence-electron chi connectivity index (χ1n) is 7.14. The van der Waals surface area contributed by atoms with Gasteiger partial charge in [0.2, 0.25) is 10.0 Å². The molecule has 25 heavy (non-hydrogen) atoms. The molecule has 0 spiro atoms. The average Bonchev–Trinajstić information content (AvgIpc) is 2.51. The third-order valence-electron chi connectivity index (χ3n) is 3.37.